The molecule has 4 heterocycles. The van der Waals surface area contributed by atoms with Gasteiger partial charge in [0.15, 0.2) is 17.3 Å². The fourth-order valence-electron chi connectivity index (χ4n) is 6.11. The predicted octanol–water partition coefficient (Wildman–Crippen LogP) is 6.15. The Morgan fingerprint density at radius 1 is 1.35 bits per heavy atom. The summed E-state index contributed by atoms with van der Waals surface area (Å²) in [5, 5.41) is 9.08. The maximum absolute atomic E-state index is 14.2. The number of hydrogen-bond donors (Lipinski definition) is 1. The first kappa shape index (κ1) is 24.7. The molecule has 3 saturated carbocycles. The highest BCUT2D eigenvalue weighted by Crippen LogP contribution is 2.47. The third-order valence-electron chi connectivity index (χ3n) is 7.74. The molecule has 0 amide bonds. The summed E-state index contributed by atoms with van der Waals surface area (Å²) in [7, 11) is 1.44. The zero-order valence-electron chi connectivity index (χ0n) is 20.2. The summed E-state index contributed by atoms with van der Waals surface area (Å²) in [5.74, 6) is 0.953. The SMILES string of the molecule is C=Cc1ccn2nc(-c3cn(SI)c4ncc(F)cc34)nc(N[C@H]3[C@H]4CC[C@H](CC4)[C@@H]3C(=O)OCC)c12. The third-order valence-corrected chi connectivity index (χ3v) is 9.44. The van der Waals surface area contributed by atoms with Gasteiger partial charge in [0, 0.05) is 65.3 Å². The van der Waals surface area contributed by atoms with E-state index in [1.54, 1.807) is 10.6 Å². The Hall–Kier alpha value is -2.67. The molecule has 0 radical (unpaired) electrons. The van der Waals surface area contributed by atoms with E-state index in [4.69, 9.17) is 14.8 Å². The largest absolute Gasteiger partial charge is 0.466 e. The predicted molar refractivity (Wildman–Crippen MR) is 152 cm³/mol. The van der Waals surface area contributed by atoms with Crippen LogP contribution in [0.4, 0.5) is 10.2 Å². The number of fused-ring (bicyclic) bond motifs is 5. The van der Waals surface area contributed by atoms with Crippen LogP contribution < -0.4 is 5.32 Å². The number of carbonyl (C=O) groups is 1. The van der Waals surface area contributed by atoms with Crippen LogP contribution in [0, 0.1) is 23.6 Å². The van der Waals surface area contributed by atoms with Gasteiger partial charge in [-0.25, -0.2) is 18.9 Å². The Bertz CT molecular complexity index is 1510. The minimum atomic E-state index is -0.421. The van der Waals surface area contributed by atoms with E-state index in [0.29, 0.717) is 46.7 Å². The highest BCUT2D eigenvalue weighted by molar-refractivity contribution is 14.2. The molecule has 8 nitrogen and oxygen atoms in total. The zero-order valence-corrected chi connectivity index (χ0v) is 23.2. The van der Waals surface area contributed by atoms with Crippen molar-refractivity contribution in [3.8, 4) is 11.4 Å². The van der Waals surface area contributed by atoms with E-state index >= 15 is 0 Å². The van der Waals surface area contributed by atoms with Gasteiger partial charge in [0.25, 0.3) is 0 Å². The molecule has 0 aliphatic heterocycles. The van der Waals surface area contributed by atoms with Crippen LogP contribution >= 0.6 is 30.3 Å². The van der Waals surface area contributed by atoms with Crippen LogP contribution in [-0.2, 0) is 9.53 Å². The van der Waals surface area contributed by atoms with Gasteiger partial charge in [-0.3, -0.25) is 8.77 Å². The average Bonchev–Trinajstić information content (AvgIpc) is 3.50. The first-order valence-electron chi connectivity index (χ1n) is 12.4. The maximum Gasteiger partial charge on any atom is 0.311 e. The van der Waals surface area contributed by atoms with Crippen molar-refractivity contribution in [1.29, 1.82) is 0 Å². The lowest BCUT2D eigenvalue weighted by Gasteiger charge is -2.47. The monoisotopic (exact) mass is 632 g/mol. The molecule has 7 rings (SSSR count). The van der Waals surface area contributed by atoms with Gasteiger partial charge in [-0.15, -0.1) is 5.10 Å². The Kier molecular flexibility index (Phi) is 6.59. The number of anilines is 1. The standard InChI is InChI=1S/C26H26FIN6O2S/c1-3-14-9-10-33-22(14)24(30-21-16-7-5-15(6-8-16)20(21)26(35)36-4-2)31-23(32-33)19-13-34(37-28)25-18(19)11-17(27)12-29-25/h3,9-13,15-16,20-21H,1,4-8H2,2H3,(H,30,31,32)/t15-,16+,20-,21-/m0/s1. The molecule has 0 spiro atoms. The Balaban J connectivity index is 1.50. The van der Waals surface area contributed by atoms with Crippen molar-refractivity contribution < 1.29 is 13.9 Å². The number of hydrogen-bond acceptors (Lipinski definition) is 7. The summed E-state index contributed by atoms with van der Waals surface area (Å²) >= 11 is 2.17. The van der Waals surface area contributed by atoms with Gasteiger partial charge in [-0.2, -0.15) is 0 Å². The number of nitrogens with one attached hydrogen (secondary N) is 1. The molecule has 3 aliphatic carbocycles. The molecule has 192 valence electrons. The second-order valence-corrected chi connectivity index (χ2v) is 11.4. The van der Waals surface area contributed by atoms with Gasteiger partial charge in [-0.05, 0) is 56.6 Å². The highest BCUT2D eigenvalue weighted by atomic mass is 127. The number of rotatable bonds is 7. The second kappa shape index (κ2) is 9.90. The molecular weight excluding hydrogens is 606 g/mol. The molecule has 11 heteroatoms. The number of esters is 1. The van der Waals surface area contributed by atoms with Crippen molar-refractivity contribution in [1.82, 2.24) is 23.6 Å². The number of carbonyl (C=O) groups excluding carboxylic acids is 1. The molecule has 0 aromatic carbocycles. The van der Waals surface area contributed by atoms with Crippen molar-refractivity contribution in [2.45, 2.75) is 38.6 Å². The molecule has 2 atom stereocenters. The lowest BCUT2D eigenvalue weighted by molar-refractivity contribution is -0.154. The van der Waals surface area contributed by atoms with E-state index in [2.05, 4.69) is 38.1 Å². The van der Waals surface area contributed by atoms with E-state index < -0.39 is 5.82 Å². The topological polar surface area (TPSA) is 86.3 Å². The first-order valence-corrected chi connectivity index (χ1v) is 15.7. The minimum absolute atomic E-state index is 0.0870. The zero-order chi connectivity index (χ0) is 25.7. The van der Waals surface area contributed by atoms with Crippen LogP contribution in [0.5, 0.6) is 0 Å². The summed E-state index contributed by atoms with van der Waals surface area (Å²) in [6.07, 6.45) is 11.0. The summed E-state index contributed by atoms with van der Waals surface area (Å²) in [6.45, 7) is 6.18. The van der Waals surface area contributed by atoms with E-state index in [1.807, 2.05) is 29.4 Å². The van der Waals surface area contributed by atoms with Crippen LogP contribution in [0.1, 0.15) is 38.2 Å². The second-order valence-electron chi connectivity index (χ2n) is 9.64. The van der Waals surface area contributed by atoms with Crippen LogP contribution in [-0.4, -0.2) is 42.2 Å². The summed E-state index contributed by atoms with van der Waals surface area (Å²) in [5.41, 5.74) is 3.00. The fourth-order valence-corrected chi connectivity index (χ4v) is 7.36. The first-order chi connectivity index (χ1) is 18.0. The van der Waals surface area contributed by atoms with Crippen LogP contribution in [0.2, 0.25) is 0 Å². The molecule has 0 unspecified atom stereocenters. The Morgan fingerprint density at radius 3 is 2.86 bits per heavy atom. The van der Waals surface area contributed by atoms with E-state index in [9.17, 15) is 9.18 Å². The van der Waals surface area contributed by atoms with Crippen molar-refractivity contribution in [2.75, 3.05) is 11.9 Å². The minimum Gasteiger partial charge on any atom is -0.466 e. The molecular formula is C26H26FIN6O2S. The molecule has 4 aromatic rings. The molecule has 1 N–H and O–H groups in total. The Labute approximate surface area is 229 Å². The maximum atomic E-state index is 14.2. The van der Waals surface area contributed by atoms with Gasteiger partial charge in [0.05, 0.1) is 18.7 Å². The smallest absolute Gasteiger partial charge is 0.311 e. The molecule has 0 saturated heterocycles. The van der Waals surface area contributed by atoms with E-state index in [0.717, 1.165) is 36.8 Å². The van der Waals surface area contributed by atoms with Crippen LogP contribution in [0.15, 0.2) is 37.3 Å². The Morgan fingerprint density at radius 2 is 2.14 bits per heavy atom. The summed E-state index contributed by atoms with van der Waals surface area (Å²) in [6, 6.07) is 3.31. The molecule has 3 fully saturated rings. The average molecular weight is 633 g/mol. The molecule has 2 bridgehead atoms. The van der Waals surface area contributed by atoms with Crippen LogP contribution in [0.25, 0.3) is 34.0 Å². The normalized spacial score (nSPS) is 23.0. The van der Waals surface area contributed by atoms with Crippen molar-refractivity contribution in [3.63, 3.8) is 0 Å². The van der Waals surface area contributed by atoms with Gasteiger partial charge in [-0.1, -0.05) is 12.7 Å². The van der Waals surface area contributed by atoms with Crippen molar-refractivity contribution >= 4 is 64.7 Å². The lowest BCUT2D eigenvalue weighted by Crippen LogP contribution is -2.52. The number of halogens is 2. The molecule has 37 heavy (non-hydrogen) atoms. The van der Waals surface area contributed by atoms with Gasteiger partial charge >= 0.3 is 5.97 Å². The highest BCUT2D eigenvalue weighted by Gasteiger charge is 2.48. The van der Waals surface area contributed by atoms with Crippen LogP contribution in [0.3, 0.4) is 0 Å². The van der Waals surface area contributed by atoms with E-state index in [-0.39, 0.29) is 17.9 Å². The van der Waals surface area contributed by atoms with E-state index in [1.165, 1.54) is 21.4 Å². The third kappa shape index (κ3) is 4.19. The van der Waals surface area contributed by atoms with Gasteiger partial charge in [0.1, 0.15) is 11.3 Å². The summed E-state index contributed by atoms with van der Waals surface area (Å²) < 4.78 is 23.4. The number of pyridine rings is 1. The number of nitrogens with zero attached hydrogens (tertiary/aromatic N) is 5. The number of aromatic nitrogens is 5. The fraction of sp³-hybridized carbons (Fsp3) is 0.385. The summed E-state index contributed by atoms with van der Waals surface area (Å²) in [4.78, 5) is 22.3. The van der Waals surface area contributed by atoms with Gasteiger partial charge in [0.2, 0.25) is 0 Å². The van der Waals surface area contributed by atoms with Crippen molar-refractivity contribution in [2.24, 2.45) is 17.8 Å². The molecule has 4 aromatic heterocycles. The van der Waals surface area contributed by atoms with Crippen molar-refractivity contribution in [3.05, 3.63) is 48.7 Å². The number of ether oxygens (including phenoxy) is 1. The lowest BCUT2D eigenvalue weighted by atomic mass is 9.61. The van der Waals surface area contributed by atoms with Gasteiger partial charge < -0.3 is 10.1 Å². The quantitative estimate of drug-likeness (QED) is 0.193. The molecule has 3 aliphatic rings.